The van der Waals surface area contributed by atoms with Gasteiger partial charge in [-0.25, -0.2) is 4.98 Å². The van der Waals surface area contributed by atoms with E-state index < -0.39 is 0 Å². The number of carbonyl (C=O) groups is 1. The van der Waals surface area contributed by atoms with E-state index in [1.54, 1.807) is 12.1 Å². The molecular formula is C14H19ClN2O2. The van der Waals surface area contributed by atoms with Gasteiger partial charge in [0, 0.05) is 17.8 Å². The summed E-state index contributed by atoms with van der Waals surface area (Å²) in [5, 5.41) is 12.7. The minimum Gasteiger partial charge on any atom is -0.393 e. The molecule has 0 radical (unpaired) electrons. The number of pyridine rings is 1. The van der Waals surface area contributed by atoms with Crippen LogP contribution in [0.25, 0.3) is 0 Å². The molecule has 1 aromatic rings. The van der Waals surface area contributed by atoms with Crippen molar-refractivity contribution in [3.05, 3.63) is 28.5 Å². The number of aryl methyl sites for hydroxylation is 1. The summed E-state index contributed by atoms with van der Waals surface area (Å²) in [7, 11) is 0. The summed E-state index contributed by atoms with van der Waals surface area (Å²) in [6.07, 6.45) is 3.12. The van der Waals surface area contributed by atoms with Crippen LogP contribution in [0.5, 0.6) is 0 Å². The summed E-state index contributed by atoms with van der Waals surface area (Å²) >= 11 is 5.90. The summed E-state index contributed by atoms with van der Waals surface area (Å²) in [5.41, 5.74) is 1.37. The predicted molar refractivity (Wildman–Crippen MR) is 74.3 cm³/mol. The summed E-state index contributed by atoms with van der Waals surface area (Å²) in [4.78, 5) is 16.2. The zero-order valence-corrected chi connectivity index (χ0v) is 11.8. The highest BCUT2D eigenvalue weighted by Gasteiger charge is 2.23. The molecule has 0 aliphatic heterocycles. The van der Waals surface area contributed by atoms with Crippen molar-refractivity contribution in [1.82, 2.24) is 10.3 Å². The van der Waals surface area contributed by atoms with Gasteiger partial charge in [0.05, 0.1) is 6.10 Å². The molecule has 1 fully saturated rings. The number of aliphatic hydroxyl groups is 1. The average molecular weight is 283 g/mol. The molecule has 1 aliphatic rings. The van der Waals surface area contributed by atoms with Crippen molar-refractivity contribution >= 4 is 17.5 Å². The summed E-state index contributed by atoms with van der Waals surface area (Å²) in [6, 6.07) is 3.35. The fraction of sp³-hybridized carbons (Fsp3) is 0.571. The number of nitrogens with zero attached hydrogens (tertiary/aromatic N) is 1. The van der Waals surface area contributed by atoms with Gasteiger partial charge in [0.15, 0.2) is 0 Å². The van der Waals surface area contributed by atoms with Gasteiger partial charge >= 0.3 is 0 Å². The van der Waals surface area contributed by atoms with Crippen molar-refractivity contribution in [2.75, 3.05) is 6.54 Å². The molecule has 1 aromatic heterocycles. The van der Waals surface area contributed by atoms with Crippen molar-refractivity contribution < 1.29 is 9.90 Å². The largest absolute Gasteiger partial charge is 0.393 e. The van der Waals surface area contributed by atoms with E-state index in [4.69, 9.17) is 11.6 Å². The fourth-order valence-electron chi connectivity index (χ4n) is 2.44. The first-order valence-electron chi connectivity index (χ1n) is 6.71. The van der Waals surface area contributed by atoms with Gasteiger partial charge in [-0.2, -0.15) is 0 Å². The maximum Gasteiger partial charge on any atom is 0.251 e. The van der Waals surface area contributed by atoms with Gasteiger partial charge in [0.25, 0.3) is 5.91 Å². The molecule has 0 saturated heterocycles. The van der Waals surface area contributed by atoms with Crippen LogP contribution in [-0.2, 0) is 6.42 Å². The minimum absolute atomic E-state index is 0.125. The van der Waals surface area contributed by atoms with Crippen LogP contribution in [0.15, 0.2) is 12.1 Å². The van der Waals surface area contributed by atoms with Crippen LogP contribution in [0.4, 0.5) is 0 Å². The molecule has 4 nitrogen and oxygen atoms in total. The van der Waals surface area contributed by atoms with Gasteiger partial charge in [-0.1, -0.05) is 18.5 Å². The van der Waals surface area contributed by atoms with Crippen LogP contribution >= 0.6 is 11.6 Å². The van der Waals surface area contributed by atoms with Gasteiger partial charge in [-0.15, -0.1) is 0 Å². The molecule has 1 amide bonds. The molecule has 19 heavy (non-hydrogen) atoms. The average Bonchev–Trinajstić information content (AvgIpc) is 2.81. The standard InChI is InChI=1S/C14H19ClN2O2/c1-2-11-6-10(7-13(15)17-11)14(19)16-8-9-3-4-12(18)5-9/h6-7,9,12,18H,2-5,8H2,1H3,(H,16,19). The SMILES string of the molecule is CCc1cc(C(=O)NCC2CCC(O)C2)cc(Cl)n1. The van der Waals surface area contributed by atoms with Crippen molar-refractivity contribution in [3.63, 3.8) is 0 Å². The monoisotopic (exact) mass is 282 g/mol. The Hall–Kier alpha value is -1.13. The molecule has 2 N–H and O–H groups in total. The topological polar surface area (TPSA) is 62.2 Å². The second-order valence-corrected chi connectivity index (χ2v) is 5.45. The molecule has 2 unspecified atom stereocenters. The normalized spacial score (nSPS) is 22.5. The van der Waals surface area contributed by atoms with Gasteiger partial charge in [0.1, 0.15) is 5.15 Å². The van der Waals surface area contributed by atoms with Gasteiger partial charge < -0.3 is 10.4 Å². The molecule has 1 aliphatic carbocycles. The zero-order chi connectivity index (χ0) is 13.8. The number of hydrogen-bond acceptors (Lipinski definition) is 3. The third-order valence-electron chi connectivity index (χ3n) is 3.54. The lowest BCUT2D eigenvalue weighted by Crippen LogP contribution is -2.28. The van der Waals surface area contributed by atoms with Crippen molar-refractivity contribution in [3.8, 4) is 0 Å². The number of hydrogen-bond donors (Lipinski definition) is 2. The van der Waals surface area contributed by atoms with E-state index in [1.165, 1.54) is 0 Å². The molecule has 2 rings (SSSR count). The molecule has 2 atom stereocenters. The lowest BCUT2D eigenvalue weighted by Gasteiger charge is -2.11. The highest BCUT2D eigenvalue weighted by molar-refractivity contribution is 6.29. The third-order valence-corrected chi connectivity index (χ3v) is 3.73. The maximum atomic E-state index is 12.0. The fourth-order valence-corrected chi connectivity index (χ4v) is 2.66. The third kappa shape index (κ3) is 3.91. The van der Waals surface area contributed by atoms with Crippen molar-refractivity contribution in [2.45, 2.75) is 38.7 Å². The Bertz CT molecular complexity index is 465. The number of carbonyl (C=O) groups excluding carboxylic acids is 1. The van der Waals surface area contributed by atoms with Crippen LogP contribution in [0, 0.1) is 5.92 Å². The van der Waals surface area contributed by atoms with E-state index in [0.717, 1.165) is 31.4 Å². The van der Waals surface area contributed by atoms with E-state index in [-0.39, 0.29) is 12.0 Å². The van der Waals surface area contributed by atoms with E-state index in [2.05, 4.69) is 10.3 Å². The Kier molecular flexibility index (Phi) is 4.77. The summed E-state index contributed by atoms with van der Waals surface area (Å²) in [6.45, 7) is 2.58. The second-order valence-electron chi connectivity index (χ2n) is 5.07. The molecule has 104 valence electrons. The summed E-state index contributed by atoms with van der Waals surface area (Å²) in [5.74, 6) is 0.252. The van der Waals surface area contributed by atoms with Crippen LogP contribution in [-0.4, -0.2) is 28.6 Å². The first kappa shape index (κ1) is 14.3. The van der Waals surface area contributed by atoms with Crippen LogP contribution in [0.2, 0.25) is 5.15 Å². The van der Waals surface area contributed by atoms with Gasteiger partial charge in [-0.05, 0) is 43.7 Å². The summed E-state index contributed by atoms with van der Waals surface area (Å²) < 4.78 is 0. The van der Waals surface area contributed by atoms with E-state index in [9.17, 15) is 9.90 Å². The number of nitrogens with one attached hydrogen (secondary N) is 1. The minimum atomic E-state index is -0.205. The van der Waals surface area contributed by atoms with E-state index >= 15 is 0 Å². The van der Waals surface area contributed by atoms with Crippen LogP contribution < -0.4 is 5.32 Å². The number of halogens is 1. The quantitative estimate of drug-likeness (QED) is 0.832. The zero-order valence-electron chi connectivity index (χ0n) is 11.0. The Morgan fingerprint density at radius 1 is 1.53 bits per heavy atom. The van der Waals surface area contributed by atoms with Crippen LogP contribution in [0.3, 0.4) is 0 Å². The highest BCUT2D eigenvalue weighted by Crippen LogP contribution is 2.24. The van der Waals surface area contributed by atoms with E-state index in [0.29, 0.717) is 23.2 Å². The van der Waals surface area contributed by atoms with Crippen molar-refractivity contribution in [1.29, 1.82) is 0 Å². The molecule has 0 spiro atoms. The molecule has 0 aromatic carbocycles. The lowest BCUT2D eigenvalue weighted by atomic mass is 10.1. The van der Waals surface area contributed by atoms with Crippen molar-refractivity contribution in [2.24, 2.45) is 5.92 Å². The number of amides is 1. The van der Waals surface area contributed by atoms with E-state index in [1.807, 2.05) is 6.92 Å². The molecule has 5 heteroatoms. The molecular weight excluding hydrogens is 264 g/mol. The molecule has 1 saturated carbocycles. The van der Waals surface area contributed by atoms with Gasteiger partial charge in [-0.3, -0.25) is 4.79 Å². The highest BCUT2D eigenvalue weighted by atomic mass is 35.5. The maximum absolute atomic E-state index is 12.0. The Balaban J connectivity index is 1.94. The lowest BCUT2D eigenvalue weighted by molar-refractivity contribution is 0.0945. The van der Waals surface area contributed by atoms with Crippen LogP contribution in [0.1, 0.15) is 42.2 Å². The van der Waals surface area contributed by atoms with Gasteiger partial charge in [0.2, 0.25) is 0 Å². The second kappa shape index (κ2) is 6.35. The Morgan fingerprint density at radius 3 is 2.95 bits per heavy atom. The Labute approximate surface area is 118 Å². The predicted octanol–water partition coefficient (Wildman–Crippen LogP) is 2.19. The number of rotatable bonds is 4. The Morgan fingerprint density at radius 2 is 2.32 bits per heavy atom. The molecule has 0 bridgehead atoms. The smallest absolute Gasteiger partial charge is 0.251 e. The number of aliphatic hydroxyl groups excluding tert-OH is 1. The first-order valence-corrected chi connectivity index (χ1v) is 7.09. The molecule has 1 heterocycles. The first-order chi connectivity index (χ1) is 9.08. The number of aromatic nitrogens is 1.